The molecule has 0 bridgehead atoms. The van der Waals surface area contributed by atoms with Gasteiger partial charge >= 0.3 is 5.97 Å². The third kappa shape index (κ3) is 6.84. The summed E-state index contributed by atoms with van der Waals surface area (Å²) in [4.78, 5) is 30.9. The normalized spacial score (nSPS) is 23.4. The Labute approximate surface area is 262 Å². The minimum absolute atomic E-state index is 0.0151. The molecule has 2 aliphatic heterocycles. The Kier molecular flexibility index (Phi) is 10.2. The van der Waals surface area contributed by atoms with Crippen LogP contribution in [-0.2, 0) is 22.4 Å². The quantitative estimate of drug-likeness (QED) is 0.137. The van der Waals surface area contributed by atoms with Gasteiger partial charge in [-0.05, 0) is 79.9 Å². The molecule has 1 saturated heterocycles. The number of aliphatic carboxylic acids is 1. The summed E-state index contributed by atoms with van der Waals surface area (Å²) in [5.74, 6) is -1.12. The highest BCUT2D eigenvalue weighted by atomic mass is 32.1. The van der Waals surface area contributed by atoms with E-state index in [1.54, 1.807) is 12.2 Å². The van der Waals surface area contributed by atoms with Crippen LogP contribution < -0.4 is 21.2 Å². The van der Waals surface area contributed by atoms with Crippen molar-refractivity contribution in [2.24, 2.45) is 11.8 Å². The Morgan fingerprint density at radius 2 is 1.77 bits per heavy atom. The average Bonchev–Trinajstić information content (AvgIpc) is 3.60. The molecule has 4 atom stereocenters. The Morgan fingerprint density at radius 3 is 2.39 bits per heavy atom. The van der Waals surface area contributed by atoms with Crippen LogP contribution in [0.25, 0.3) is 18.2 Å². The number of carbonyl (C=O) groups is 2. The lowest BCUT2D eigenvalue weighted by Crippen LogP contribution is -2.30. The highest BCUT2D eigenvalue weighted by Crippen LogP contribution is 2.34. The van der Waals surface area contributed by atoms with E-state index in [2.05, 4.69) is 39.8 Å². The van der Waals surface area contributed by atoms with Gasteiger partial charge in [0, 0.05) is 69.7 Å². The lowest BCUT2D eigenvalue weighted by molar-refractivity contribution is -0.137. The van der Waals surface area contributed by atoms with E-state index in [9.17, 15) is 30.0 Å². The predicted molar refractivity (Wildman–Crippen MR) is 174 cm³/mol. The average molecular weight is 623 g/mol. The van der Waals surface area contributed by atoms with Crippen molar-refractivity contribution in [3.63, 3.8) is 0 Å². The van der Waals surface area contributed by atoms with Gasteiger partial charge < -0.3 is 41.0 Å². The van der Waals surface area contributed by atoms with Gasteiger partial charge in [-0.2, -0.15) is 12.6 Å². The molecule has 1 amide bonds. The number of hydrogen-bond acceptors (Lipinski definition) is 7. The van der Waals surface area contributed by atoms with E-state index in [0.29, 0.717) is 35.2 Å². The first kappa shape index (κ1) is 32.8. The molecule has 10 nitrogen and oxygen atoms in total. The van der Waals surface area contributed by atoms with Crippen LogP contribution in [0.4, 0.5) is 0 Å². The number of amides is 1. The van der Waals surface area contributed by atoms with Crippen molar-refractivity contribution in [1.82, 2.24) is 20.6 Å². The molecule has 1 unspecified atom stereocenters. The molecule has 1 fully saturated rings. The Bertz CT molecular complexity index is 1670. The Morgan fingerprint density at radius 1 is 1.05 bits per heavy atom. The number of carboxylic acids is 1. The SMILES string of the molecule is C=CC1=C(C)[C@@H](Cc2[nH]c(=C\c3[nH]c(/C=C4\NC(O)[C@H](C)[C@H]4CCS)c(C)c3CCC(=O)O)/c(=C/C=C(O)O)c2C)NC1=O. The highest BCUT2D eigenvalue weighted by Gasteiger charge is 2.35. The van der Waals surface area contributed by atoms with Gasteiger partial charge in [0.1, 0.15) is 6.23 Å². The molecule has 0 aliphatic carbocycles. The number of aliphatic hydroxyl groups is 3. The number of aromatic nitrogens is 2. The molecular weight excluding hydrogens is 580 g/mol. The number of carbonyl (C=O) groups excluding carboxylic acids is 1. The topological polar surface area (TPSA) is 171 Å². The third-order valence-corrected chi connectivity index (χ3v) is 9.11. The van der Waals surface area contributed by atoms with E-state index in [4.69, 9.17) is 0 Å². The molecule has 4 rings (SSSR count). The van der Waals surface area contributed by atoms with Gasteiger partial charge in [-0.15, -0.1) is 0 Å². The number of rotatable bonds is 11. The van der Waals surface area contributed by atoms with Crippen LogP contribution in [0.15, 0.2) is 41.5 Å². The molecular formula is C33H42N4O6S. The highest BCUT2D eigenvalue weighted by molar-refractivity contribution is 7.80. The second-order valence-corrected chi connectivity index (χ2v) is 12.0. The monoisotopic (exact) mass is 622 g/mol. The first-order valence-electron chi connectivity index (χ1n) is 14.7. The van der Waals surface area contributed by atoms with Gasteiger partial charge in [0.25, 0.3) is 11.9 Å². The minimum Gasteiger partial charge on any atom is -0.481 e. The van der Waals surface area contributed by atoms with Gasteiger partial charge in [-0.1, -0.05) is 19.6 Å². The summed E-state index contributed by atoms with van der Waals surface area (Å²) in [7, 11) is 0. The number of aromatic amines is 2. The van der Waals surface area contributed by atoms with Crippen LogP contribution in [0, 0.1) is 25.7 Å². The van der Waals surface area contributed by atoms with Crippen molar-refractivity contribution in [2.45, 2.75) is 65.6 Å². The summed E-state index contributed by atoms with van der Waals surface area (Å²) in [5.41, 5.74) is 7.34. The van der Waals surface area contributed by atoms with Crippen LogP contribution in [0.5, 0.6) is 0 Å². The molecule has 44 heavy (non-hydrogen) atoms. The molecule has 11 heteroatoms. The maximum Gasteiger partial charge on any atom is 0.303 e. The first-order chi connectivity index (χ1) is 20.9. The Balaban J connectivity index is 1.86. The summed E-state index contributed by atoms with van der Waals surface area (Å²) >= 11 is 4.41. The summed E-state index contributed by atoms with van der Waals surface area (Å²) in [5, 5.41) is 46.5. The number of hydrogen-bond donors (Lipinski definition) is 9. The number of H-pyrrole nitrogens is 2. The zero-order valence-electron chi connectivity index (χ0n) is 25.5. The second-order valence-electron chi connectivity index (χ2n) is 11.5. The van der Waals surface area contributed by atoms with Crippen molar-refractivity contribution in [1.29, 1.82) is 0 Å². The van der Waals surface area contributed by atoms with E-state index in [0.717, 1.165) is 51.0 Å². The summed E-state index contributed by atoms with van der Waals surface area (Å²) < 4.78 is 0. The van der Waals surface area contributed by atoms with Crippen molar-refractivity contribution >= 4 is 42.7 Å². The van der Waals surface area contributed by atoms with Gasteiger partial charge in [0.15, 0.2) is 0 Å². The number of carboxylic acid groups (broad SMARTS) is 1. The molecule has 0 aromatic carbocycles. The zero-order chi connectivity index (χ0) is 32.3. The predicted octanol–water partition coefficient (Wildman–Crippen LogP) is 2.92. The summed E-state index contributed by atoms with van der Waals surface area (Å²) in [6, 6.07) is -0.228. The minimum atomic E-state index is -0.906. The standard InChI is InChI=1S/C33H42N4O6S/c1-6-20-16(2)26(36-33(20)43)13-24-17(3)21(7-9-30(38)39)27(34-24)15-28-22(8-10-31(40)41)18(4)25(35-28)14-29-23(11-12-44)19(5)32(42)37-29/h6-7,9,14-15,19,23,26,32,34-35,37-39,42,44H,1,8,10-13H2,2-5H3,(H,36,43)(H,40,41)/b21-7+,27-15-,29-14-/t19-,23-,26-,32?/m1/s1. The molecule has 4 heterocycles. The maximum absolute atomic E-state index is 12.4. The van der Waals surface area contributed by atoms with Gasteiger partial charge in [0.05, 0.1) is 6.04 Å². The summed E-state index contributed by atoms with van der Waals surface area (Å²) in [6.07, 6.45) is 9.08. The second kappa shape index (κ2) is 13.7. The van der Waals surface area contributed by atoms with Crippen LogP contribution in [0.3, 0.4) is 0 Å². The largest absolute Gasteiger partial charge is 0.481 e. The van der Waals surface area contributed by atoms with E-state index < -0.39 is 18.1 Å². The Hall–Kier alpha value is -4.09. The molecule has 236 valence electrons. The van der Waals surface area contributed by atoms with Crippen LogP contribution >= 0.6 is 12.6 Å². The number of allylic oxidation sites excluding steroid dienone is 2. The van der Waals surface area contributed by atoms with Crippen molar-refractivity contribution in [2.75, 3.05) is 5.75 Å². The van der Waals surface area contributed by atoms with Gasteiger partial charge in [-0.3, -0.25) is 9.59 Å². The smallest absolute Gasteiger partial charge is 0.303 e. The lowest BCUT2D eigenvalue weighted by atomic mass is 9.91. The molecule has 2 aromatic heterocycles. The molecule has 8 N–H and O–H groups in total. The van der Waals surface area contributed by atoms with E-state index in [1.165, 1.54) is 6.08 Å². The molecule has 2 aromatic rings. The van der Waals surface area contributed by atoms with Crippen molar-refractivity contribution in [3.05, 3.63) is 85.9 Å². The first-order valence-corrected chi connectivity index (χ1v) is 15.3. The van der Waals surface area contributed by atoms with E-state index in [-0.39, 0.29) is 30.2 Å². The van der Waals surface area contributed by atoms with E-state index >= 15 is 0 Å². The number of aliphatic hydroxyl groups excluding tert-OH is 2. The molecule has 0 spiro atoms. The van der Waals surface area contributed by atoms with Crippen LogP contribution in [0.1, 0.15) is 60.5 Å². The fraction of sp³-hybridized carbons (Fsp3) is 0.394. The lowest BCUT2D eigenvalue weighted by Gasteiger charge is -2.14. The molecule has 2 aliphatic rings. The van der Waals surface area contributed by atoms with Crippen molar-refractivity contribution in [3.8, 4) is 0 Å². The van der Waals surface area contributed by atoms with Crippen molar-refractivity contribution < 1.29 is 30.0 Å². The molecule has 0 saturated carbocycles. The van der Waals surface area contributed by atoms with E-state index in [1.807, 2.05) is 39.8 Å². The van der Waals surface area contributed by atoms with Gasteiger partial charge in [-0.25, -0.2) is 0 Å². The third-order valence-electron chi connectivity index (χ3n) is 8.86. The van der Waals surface area contributed by atoms with Crippen LogP contribution in [0.2, 0.25) is 0 Å². The number of nitrogens with one attached hydrogen (secondary N) is 4. The maximum atomic E-state index is 12.4. The fourth-order valence-corrected chi connectivity index (χ4v) is 6.45. The van der Waals surface area contributed by atoms with Crippen LogP contribution in [-0.4, -0.2) is 60.3 Å². The van der Waals surface area contributed by atoms with Gasteiger partial charge in [0.2, 0.25) is 0 Å². The fourth-order valence-electron chi connectivity index (χ4n) is 6.17. The number of thiol groups is 1. The summed E-state index contributed by atoms with van der Waals surface area (Å²) in [6.45, 7) is 11.5. The zero-order valence-corrected chi connectivity index (χ0v) is 26.4. The molecule has 0 radical (unpaired) electrons.